The summed E-state index contributed by atoms with van der Waals surface area (Å²) in [5, 5.41) is 0. The van der Waals surface area contributed by atoms with Crippen molar-refractivity contribution in [1.29, 1.82) is 0 Å². The summed E-state index contributed by atoms with van der Waals surface area (Å²) in [5.41, 5.74) is 5.72. The van der Waals surface area contributed by atoms with Gasteiger partial charge >= 0.3 is 5.97 Å². The summed E-state index contributed by atoms with van der Waals surface area (Å²) >= 11 is 0. The Morgan fingerprint density at radius 1 is 1.40 bits per heavy atom. The van der Waals surface area contributed by atoms with Crippen molar-refractivity contribution in [2.45, 2.75) is 45.6 Å². The fourth-order valence-corrected chi connectivity index (χ4v) is 2.28. The number of hydrogen-bond donors (Lipinski definition) is 1. The minimum Gasteiger partial charge on any atom is -0.468 e. The van der Waals surface area contributed by atoms with Gasteiger partial charge < -0.3 is 10.5 Å². The first kappa shape index (κ1) is 12.5. The number of ether oxygens (including phenoxy) is 1. The van der Waals surface area contributed by atoms with Crippen molar-refractivity contribution in [3.63, 3.8) is 0 Å². The van der Waals surface area contributed by atoms with Crippen molar-refractivity contribution >= 4 is 5.97 Å². The standard InChI is InChI=1S/C12H23NO2/c1-8(2)10(9-4-5-9)6-7-11(13)12(14)15-3/h8-11H,4-7,13H2,1-3H3. The van der Waals surface area contributed by atoms with Crippen LogP contribution in [0.5, 0.6) is 0 Å². The first-order chi connectivity index (χ1) is 7.06. The number of carbonyl (C=O) groups is 1. The van der Waals surface area contributed by atoms with Gasteiger partial charge in [0.1, 0.15) is 6.04 Å². The smallest absolute Gasteiger partial charge is 0.322 e. The van der Waals surface area contributed by atoms with Crippen LogP contribution in [0.4, 0.5) is 0 Å². The molecule has 1 rings (SSSR count). The van der Waals surface area contributed by atoms with Gasteiger partial charge in [0.05, 0.1) is 7.11 Å². The van der Waals surface area contributed by atoms with Crippen LogP contribution in [0.1, 0.15) is 39.5 Å². The summed E-state index contributed by atoms with van der Waals surface area (Å²) in [6, 6.07) is -0.435. The normalized spacial score (nSPS) is 20.1. The molecule has 1 aliphatic rings. The maximum atomic E-state index is 11.1. The molecule has 3 nitrogen and oxygen atoms in total. The molecule has 0 aromatic heterocycles. The molecule has 0 aromatic rings. The van der Waals surface area contributed by atoms with E-state index in [4.69, 9.17) is 5.73 Å². The second-order valence-electron chi connectivity index (χ2n) is 4.95. The van der Waals surface area contributed by atoms with Crippen molar-refractivity contribution in [2.24, 2.45) is 23.5 Å². The maximum Gasteiger partial charge on any atom is 0.322 e. The molecule has 0 radical (unpaired) electrons. The van der Waals surface area contributed by atoms with Gasteiger partial charge in [0, 0.05) is 0 Å². The summed E-state index contributed by atoms with van der Waals surface area (Å²) in [4.78, 5) is 11.1. The lowest BCUT2D eigenvalue weighted by atomic mass is 9.86. The number of carbonyl (C=O) groups excluding carboxylic acids is 1. The molecule has 0 amide bonds. The van der Waals surface area contributed by atoms with E-state index in [1.54, 1.807) is 0 Å². The summed E-state index contributed by atoms with van der Waals surface area (Å²) < 4.78 is 4.62. The van der Waals surface area contributed by atoms with Crippen molar-refractivity contribution in [3.05, 3.63) is 0 Å². The molecule has 0 aliphatic heterocycles. The van der Waals surface area contributed by atoms with Gasteiger partial charge in [0.2, 0.25) is 0 Å². The molecule has 0 saturated heterocycles. The van der Waals surface area contributed by atoms with Gasteiger partial charge in [0.25, 0.3) is 0 Å². The Balaban J connectivity index is 2.30. The van der Waals surface area contributed by atoms with Crippen LogP contribution in [0.25, 0.3) is 0 Å². The van der Waals surface area contributed by atoms with Crippen LogP contribution in [-0.2, 0) is 9.53 Å². The van der Waals surface area contributed by atoms with E-state index in [1.165, 1.54) is 20.0 Å². The van der Waals surface area contributed by atoms with E-state index < -0.39 is 6.04 Å². The molecule has 0 heterocycles. The molecule has 1 saturated carbocycles. The van der Waals surface area contributed by atoms with Crippen molar-refractivity contribution in [3.8, 4) is 0 Å². The molecule has 2 atom stereocenters. The van der Waals surface area contributed by atoms with Crippen LogP contribution in [0.15, 0.2) is 0 Å². The fourth-order valence-electron chi connectivity index (χ4n) is 2.28. The third-order valence-corrected chi connectivity index (χ3v) is 3.40. The second-order valence-corrected chi connectivity index (χ2v) is 4.95. The van der Waals surface area contributed by atoms with E-state index in [0.717, 1.165) is 24.7 Å². The SMILES string of the molecule is COC(=O)C(N)CCC(C(C)C)C1CC1. The highest BCUT2D eigenvalue weighted by Gasteiger charge is 2.33. The van der Waals surface area contributed by atoms with Gasteiger partial charge in [-0.05, 0) is 43.4 Å². The van der Waals surface area contributed by atoms with E-state index in [0.29, 0.717) is 5.92 Å². The Morgan fingerprint density at radius 2 is 2.00 bits per heavy atom. The number of esters is 1. The summed E-state index contributed by atoms with van der Waals surface area (Å²) in [7, 11) is 1.39. The van der Waals surface area contributed by atoms with Crippen LogP contribution in [-0.4, -0.2) is 19.1 Å². The lowest BCUT2D eigenvalue weighted by Gasteiger charge is -2.21. The predicted molar refractivity (Wildman–Crippen MR) is 60.3 cm³/mol. The molecule has 1 fully saturated rings. The second kappa shape index (κ2) is 5.50. The highest BCUT2D eigenvalue weighted by atomic mass is 16.5. The molecule has 0 aromatic carbocycles. The Morgan fingerprint density at radius 3 is 2.40 bits per heavy atom. The minimum absolute atomic E-state index is 0.284. The van der Waals surface area contributed by atoms with Crippen LogP contribution in [0.3, 0.4) is 0 Å². The van der Waals surface area contributed by atoms with Crippen molar-refractivity contribution < 1.29 is 9.53 Å². The third-order valence-electron chi connectivity index (χ3n) is 3.40. The Hall–Kier alpha value is -0.570. The van der Waals surface area contributed by atoms with E-state index in [9.17, 15) is 4.79 Å². The molecule has 1 aliphatic carbocycles. The average Bonchev–Trinajstić information content (AvgIpc) is 3.00. The zero-order valence-electron chi connectivity index (χ0n) is 10.0. The van der Waals surface area contributed by atoms with E-state index in [-0.39, 0.29) is 5.97 Å². The van der Waals surface area contributed by atoms with Crippen LogP contribution < -0.4 is 5.73 Å². The molecule has 2 N–H and O–H groups in total. The Bertz CT molecular complexity index is 210. The number of methoxy groups -OCH3 is 1. The number of nitrogens with two attached hydrogens (primary N) is 1. The number of rotatable bonds is 6. The zero-order valence-corrected chi connectivity index (χ0v) is 10.0. The van der Waals surface area contributed by atoms with Gasteiger partial charge in [-0.25, -0.2) is 0 Å². The predicted octanol–water partition coefficient (Wildman–Crippen LogP) is 1.95. The average molecular weight is 213 g/mol. The van der Waals surface area contributed by atoms with Crippen molar-refractivity contribution in [2.75, 3.05) is 7.11 Å². The summed E-state index contributed by atoms with van der Waals surface area (Å²) in [6.07, 6.45) is 4.53. The quantitative estimate of drug-likeness (QED) is 0.686. The van der Waals surface area contributed by atoms with E-state index in [2.05, 4.69) is 18.6 Å². The Kier molecular flexibility index (Phi) is 4.58. The topological polar surface area (TPSA) is 52.3 Å². The largest absolute Gasteiger partial charge is 0.468 e. The van der Waals surface area contributed by atoms with Crippen LogP contribution >= 0.6 is 0 Å². The monoisotopic (exact) mass is 213 g/mol. The van der Waals surface area contributed by atoms with E-state index >= 15 is 0 Å². The lowest BCUT2D eigenvalue weighted by Crippen LogP contribution is -2.32. The van der Waals surface area contributed by atoms with Gasteiger partial charge in [-0.15, -0.1) is 0 Å². The number of hydrogen-bond acceptors (Lipinski definition) is 3. The maximum absolute atomic E-state index is 11.1. The summed E-state index contributed by atoms with van der Waals surface area (Å²) in [6.45, 7) is 4.51. The molecule has 0 bridgehead atoms. The van der Waals surface area contributed by atoms with Crippen LogP contribution in [0, 0.1) is 17.8 Å². The first-order valence-electron chi connectivity index (χ1n) is 5.89. The molecular formula is C12H23NO2. The van der Waals surface area contributed by atoms with Crippen molar-refractivity contribution in [1.82, 2.24) is 0 Å². The van der Waals surface area contributed by atoms with Gasteiger partial charge in [-0.3, -0.25) is 4.79 Å². The fraction of sp³-hybridized carbons (Fsp3) is 0.917. The third kappa shape index (κ3) is 3.82. The molecule has 3 heteroatoms. The molecule has 2 unspecified atom stereocenters. The molecule has 88 valence electrons. The van der Waals surface area contributed by atoms with Gasteiger partial charge in [-0.1, -0.05) is 13.8 Å². The molecule has 0 spiro atoms. The van der Waals surface area contributed by atoms with Crippen LogP contribution in [0.2, 0.25) is 0 Å². The summed E-state index contributed by atoms with van der Waals surface area (Å²) in [5.74, 6) is 2.03. The molecular weight excluding hydrogens is 190 g/mol. The highest BCUT2D eigenvalue weighted by Crippen LogP contribution is 2.42. The Labute approximate surface area is 92.4 Å². The lowest BCUT2D eigenvalue weighted by molar-refractivity contribution is -0.142. The minimum atomic E-state index is -0.435. The molecule has 15 heavy (non-hydrogen) atoms. The zero-order chi connectivity index (χ0) is 11.4. The highest BCUT2D eigenvalue weighted by molar-refractivity contribution is 5.75. The van der Waals surface area contributed by atoms with Gasteiger partial charge in [-0.2, -0.15) is 0 Å². The van der Waals surface area contributed by atoms with E-state index in [1.807, 2.05) is 0 Å². The van der Waals surface area contributed by atoms with Gasteiger partial charge in [0.15, 0.2) is 0 Å². The first-order valence-corrected chi connectivity index (χ1v) is 5.89.